The molecule has 0 spiro atoms. The predicted molar refractivity (Wildman–Crippen MR) is 91.8 cm³/mol. The first kappa shape index (κ1) is 16.1. The van der Waals surface area contributed by atoms with Gasteiger partial charge >= 0.3 is 0 Å². The highest BCUT2D eigenvalue weighted by molar-refractivity contribution is 5.95. The van der Waals surface area contributed by atoms with Crippen LogP contribution in [0.15, 0.2) is 36.7 Å². The second-order valence-corrected chi connectivity index (χ2v) is 6.02. The summed E-state index contributed by atoms with van der Waals surface area (Å²) in [6.45, 7) is 6.18. The molecule has 0 atom stereocenters. The smallest absolute Gasteiger partial charge is 0.184 e. The lowest BCUT2D eigenvalue weighted by Crippen LogP contribution is -2.07. The maximum absolute atomic E-state index is 12.4. The fourth-order valence-corrected chi connectivity index (χ4v) is 2.58. The lowest BCUT2D eigenvalue weighted by molar-refractivity contribution is 0.0987. The molecule has 0 amide bonds. The highest BCUT2D eigenvalue weighted by atomic mass is 16.1. The Bertz CT molecular complexity index is 846. The Balaban J connectivity index is 1.83. The van der Waals surface area contributed by atoms with Crippen molar-refractivity contribution in [3.63, 3.8) is 0 Å². The van der Waals surface area contributed by atoms with E-state index in [1.54, 1.807) is 6.33 Å². The van der Waals surface area contributed by atoms with Crippen LogP contribution in [0.5, 0.6) is 0 Å². The van der Waals surface area contributed by atoms with Crippen molar-refractivity contribution in [2.75, 3.05) is 0 Å². The van der Waals surface area contributed by atoms with E-state index in [0.717, 1.165) is 23.5 Å². The summed E-state index contributed by atoms with van der Waals surface area (Å²) in [7, 11) is 0. The normalized spacial score (nSPS) is 11.2. The van der Waals surface area contributed by atoms with Crippen molar-refractivity contribution in [3.05, 3.63) is 53.7 Å². The molecule has 6 heteroatoms. The summed E-state index contributed by atoms with van der Waals surface area (Å²) in [4.78, 5) is 20.1. The van der Waals surface area contributed by atoms with Gasteiger partial charge in [-0.1, -0.05) is 13.0 Å². The lowest BCUT2D eigenvalue weighted by Gasteiger charge is -2.10. The molecule has 124 valence electrons. The number of nitrogens with zero attached hydrogens (tertiary/aromatic N) is 4. The van der Waals surface area contributed by atoms with Crippen molar-refractivity contribution < 1.29 is 4.79 Å². The zero-order chi connectivity index (χ0) is 17.1. The molecule has 0 radical (unpaired) electrons. The summed E-state index contributed by atoms with van der Waals surface area (Å²) in [5.41, 5.74) is 3.14. The van der Waals surface area contributed by atoms with Crippen molar-refractivity contribution in [3.8, 4) is 11.5 Å². The largest absolute Gasteiger partial charge is 0.356 e. The summed E-state index contributed by atoms with van der Waals surface area (Å²) in [5, 5.41) is 8.13. The minimum atomic E-state index is 0.0321. The van der Waals surface area contributed by atoms with Gasteiger partial charge in [-0.05, 0) is 44.5 Å². The second kappa shape index (κ2) is 6.78. The van der Waals surface area contributed by atoms with E-state index >= 15 is 0 Å². The molecule has 0 aliphatic carbocycles. The third-order valence-corrected chi connectivity index (χ3v) is 3.93. The number of pyridine rings is 1. The number of carbonyl (C=O) groups is 1. The van der Waals surface area contributed by atoms with Gasteiger partial charge in [0.15, 0.2) is 11.6 Å². The van der Waals surface area contributed by atoms with Gasteiger partial charge in [0.25, 0.3) is 0 Å². The first-order chi connectivity index (χ1) is 11.6. The van der Waals surface area contributed by atoms with Crippen molar-refractivity contribution in [1.29, 1.82) is 0 Å². The Morgan fingerprint density at radius 2 is 2.08 bits per heavy atom. The number of aromatic amines is 1. The first-order valence-corrected chi connectivity index (χ1v) is 8.15. The molecule has 0 aliphatic rings. The van der Waals surface area contributed by atoms with E-state index in [1.165, 1.54) is 0 Å². The zero-order valence-electron chi connectivity index (χ0n) is 14.2. The van der Waals surface area contributed by atoms with Gasteiger partial charge in [0.05, 0.1) is 12.1 Å². The SMILES string of the molecule is CCc1ccc(C(=O)Cc2cccc(-c3nncn3C(C)C)n2)[nH]1. The number of H-pyrrole nitrogens is 1. The number of nitrogens with one attached hydrogen (secondary N) is 1. The molecule has 0 fully saturated rings. The molecule has 0 aromatic carbocycles. The molecule has 24 heavy (non-hydrogen) atoms. The van der Waals surface area contributed by atoms with Gasteiger partial charge in [-0.2, -0.15) is 0 Å². The number of aromatic nitrogens is 5. The Labute approximate surface area is 141 Å². The quantitative estimate of drug-likeness (QED) is 0.707. The number of ketones is 1. The van der Waals surface area contributed by atoms with Crippen LogP contribution in [0.2, 0.25) is 0 Å². The lowest BCUT2D eigenvalue weighted by atomic mass is 10.1. The fourth-order valence-electron chi connectivity index (χ4n) is 2.58. The third kappa shape index (κ3) is 3.27. The van der Waals surface area contributed by atoms with Crippen LogP contribution in [-0.2, 0) is 12.8 Å². The van der Waals surface area contributed by atoms with Crippen LogP contribution in [0.4, 0.5) is 0 Å². The second-order valence-electron chi connectivity index (χ2n) is 6.02. The van der Waals surface area contributed by atoms with Gasteiger partial charge in [-0.25, -0.2) is 4.98 Å². The Hall–Kier alpha value is -2.76. The molecular weight excluding hydrogens is 302 g/mol. The van der Waals surface area contributed by atoms with Gasteiger partial charge in [0.1, 0.15) is 12.0 Å². The van der Waals surface area contributed by atoms with Crippen molar-refractivity contribution in [2.45, 2.75) is 39.7 Å². The van der Waals surface area contributed by atoms with E-state index < -0.39 is 0 Å². The molecule has 0 aliphatic heterocycles. The number of Topliss-reactive ketones (excluding diaryl/α,β-unsaturated/α-hetero) is 1. The monoisotopic (exact) mass is 323 g/mol. The molecule has 0 saturated heterocycles. The number of hydrogen-bond donors (Lipinski definition) is 1. The van der Waals surface area contributed by atoms with E-state index in [0.29, 0.717) is 11.5 Å². The standard InChI is InChI=1S/C18H21N5O/c1-4-13-8-9-15(20-13)17(24)10-14-6-5-7-16(21-14)18-22-19-11-23(18)12(2)3/h5-9,11-12,20H,4,10H2,1-3H3. The van der Waals surface area contributed by atoms with Gasteiger partial charge < -0.3 is 9.55 Å². The highest BCUT2D eigenvalue weighted by Crippen LogP contribution is 2.19. The molecule has 3 aromatic rings. The zero-order valence-corrected chi connectivity index (χ0v) is 14.2. The summed E-state index contributed by atoms with van der Waals surface area (Å²) < 4.78 is 1.96. The average Bonchev–Trinajstić information content (AvgIpc) is 3.24. The summed E-state index contributed by atoms with van der Waals surface area (Å²) in [6.07, 6.45) is 2.84. The van der Waals surface area contributed by atoms with Gasteiger partial charge in [0, 0.05) is 17.4 Å². The van der Waals surface area contributed by atoms with Gasteiger partial charge in [-0.3, -0.25) is 4.79 Å². The van der Waals surface area contributed by atoms with Gasteiger partial charge in [0.2, 0.25) is 0 Å². The minimum absolute atomic E-state index is 0.0321. The first-order valence-electron chi connectivity index (χ1n) is 8.15. The van der Waals surface area contributed by atoms with Crippen molar-refractivity contribution in [1.82, 2.24) is 24.7 Å². The minimum Gasteiger partial charge on any atom is -0.356 e. The molecule has 6 nitrogen and oxygen atoms in total. The number of aryl methyl sites for hydroxylation is 1. The van der Waals surface area contributed by atoms with E-state index in [1.807, 2.05) is 34.9 Å². The molecule has 0 saturated carbocycles. The van der Waals surface area contributed by atoms with E-state index in [2.05, 4.69) is 40.9 Å². The van der Waals surface area contributed by atoms with Crippen LogP contribution in [0.1, 0.15) is 48.7 Å². The van der Waals surface area contributed by atoms with Crippen molar-refractivity contribution in [2.24, 2.45) is 0 Å². The molecule has 0 unspecified atom stereocenters. The summed E-state index contributed by atoms with van der Waals surface area (Å²) >= 11 is 0. The van der Waals surface area contributed by atoms with Crippen molar-refractivity contribution >= 4 is 5.78 Å². The van der Waals surface area contributed by atoms with E-state index in [9.17, 15) is 4.79 Å². The highest BCUT2D eigenvalue weighted by Gasteiger charge is 2.14. The summed E-state index contributed by atoms with van der Waals surface area (Å²) in [5.74, 6) is 0.747. The Morgan fingerprint density at radius 1 is 1.25 bits per heavy atom. The third-order valence-electron chi connectivity index (χ3n) is 3.93. The van der Waals surface area contributed by atoms with E-state index in [-0.39, 0.29) is 18.2 Å². The molecular formula is C18H21N5O. The maximum atomic E-state index is 12.4. The summed E-state index contributed by atoms with van der Waals surface area (Å²) in [6, 6.07) is 9.68. The number of carbonyl (C=O) groups excluding carboxylic acids is 1. The fraction of sp³-hybridized carbons (Fsp3) is 0.333. The van der Waals surface area contributed by atoms with Crippen LogP contribution in [0.25, 0.3) is 11.5 Å². The maximum Gasteiger partial charge on any atom is 0.184 e. The Morgan fingerprint density at radius 3 is 2.79 bits per heavy atom. The van der Waals surface area contributed by atoms with Crippen LogP contribution in [-0.4, -0.2) is 30.5 Å². The van der Waals surface area contributed by atoms with Gasteiger partial charge in [-0.15, -0.1) is 10.2 Å². The van der Waals surface area contributed by atoms with Crippen LogP contribution in [0, 0.1) is 0 Å². The number of rotatable bonds is 6. The van der Waals surface area contributed by atoms with Crippen LogP contribution < -0.4 is 0 Å². The molecule has 3 aromatic heterocycles. The van der Waals surface area contributed by atoms with Crippen LogP contribution in [0.3, 0.4) is 0 Å². The van der Waals surface area contributed by atoms with E-state index in [4.69, 9.17) is 0 Å². The molecule has 3 rings (SSSR count). The van der Waals surface area contributed by atoms with Crippen LogP contribution >= 0.6 is 0 Å². The molecule has 0 bridgehead atoms. The topological polar surface area (TPSA) is 76.5 Å². The Kier molecular flexibility index (Phi) is 4.55. The molecule has 3 heterocycles. The predicted octanol–water partition coefficient (Wildman–Crippen LogP) is 3.24. The molecule has 1 N–H and O–H groups in total. The number of hydrogen-bond acceptors (Lipinski definition) is 4. The average molecular weight is 323 g/mol.